The normalized spacial score (nSPS) is 25.2. The molecule has 1 aliphatic rings. The number of hydrogen-bond acceptors (Lipinski definition) is 3. The Hall–Kier alpha value is -0.900. The van der Waals surface area contributed by atoms with Gasteiger partial charge in [-0.15, -0.1) is 0 Å². The summed E-state index contributed by atoms with van der Waals surface area (Å²) in [7, 11) is 2.18. The predicted octanol–water partition coefficient (Wildman–Crippen LogP) is 1.99. The van der Waals surface area contributed by atoms with Crippen molar-refractivity contribution in [2.75, 3.05) is 33.2 Å². The van der Waals surface area contributed by atoms with Crippen LogP contribution in [0.4, 0.5) is 0 Å². The average Bonchev–Trinajstić information content (AvgIpc) is 2.42. The zero-order valence-corrected chi connectivity index (χ0v) is 12.3. The molecule has 106 valence electrons. The van der Waals surface area contributed by atoms with Crippen LogP contribution >= 0.6 is 0 Å². The van der Waals surface area contributed by atoms with E-state index in [1.807, 2.05) is 30.3 Å². The lowest BCUT2D eigenvalue weighted by Crippen LogP contribution is -2.51. The largest absolute Gasteiger partial charge is 0.388 e. The zero-order valence-electron chi connectivity index (χ0n) is 12.3. The zero-order chi connectivity index (χ0) is 13.8. The van der Waals surface area contributed by atoms with E-state index < -0.39 is 0 Å². The fourth-order valence-corrected chi connectivity index (χ4v) is 2.90. The molecule has 0 radical (unpaired) electrons. The van der Waals surface area contributed by atoms with E-state index in [2.05, 4.69) is 30.7 Å². The molecule has 1 aromatic rings. The van der Waals surface area contributed by atoms with Crippen molar-refractivity contribution in [1.29, 1.82) is 0 Å². The van der Waals surface area contributed by atoms with Crippen molar-refractivity contribution in [2.45, 2.75) is 26.0 Å². The van der Waals surface area contributed by atoms with Gasteiger partial charge in [-0.25, -0.2) is 0 Å². The monoisotopic (exact) mass is 262 g/mol. The van der Waals surface area contributed by atoms with E-state index in [0.717, 1.165) is 31.7 Å². The SMILES string of the molecule is CC(CN1CCN(C)CC1C)C(O)c1ccccc1. The molecule has 1 aliphatic heterocycles. The van der Waals surface area contributed by atoms with Crippen molar-refractivity contribution in [2.24, 2.45) is 5.92 Å². The Labute approximate surface area is 116 Å². The number of aliphatic hydroxyl groups is 1. The van der Waals surface area contributed by atoms with Crippen LogP contribution in [0, 0.1) is 5.92 Å². The summed E-state index contributed by atoms with van der Waals surface area (Å²) in [4.78, 5) is 4.87. The van der Waals surface area contributed by atoms with Gasteiger partial charge < -0.3 is 10.0 Å². The maximum atomic E-state index is 10.4. The Balaban J connectivity index is 1.92. The van der Waals surface area contributed by atoms with Gasteiger partial charge in [0.15, 0.2) is 0 Å². The minimum absolute atomic E-state index is 0.258. The number of rotatable bonds is 4. The van der Waals surface area contributed by atoms with E-state index in [4.69, 9.17) is 0 Å². The summed E-state index contributed by atoms with van der Waals surface area (Å²) in [6.07, 6.45) is -0.368. The summed E-state index contributed by atoms with van der Waals surface area (Å²) in [5.41, 5.74) is 1.02. The number of piperazine rings is 1. The molecule has 3 heteroatoms. The van der Waals surface area contributed by atoms with Crippen LogP contribution in [-0.2, 0) is 0 Å². The van der Waals surface area contributed by atoms with Crippen LogP contribution in [0.2, 0.25) is 0 Å². The Kier molecular flexibility index (Phi) is 4.97. The van der Waals surface area contributed by atoms with Crippen molar-refractivity contribution in [3.8, 4) is 0 Å². The molecule has 1 fully saturated rings. The van der Waals surface area contributed by atoms with Crippen molar-refractivity contribution in [3.05, 3.63) is 35.9 Å². The molecular weight excluding hydrogens is 236 g/mol. The van der Waals surface area contributed by atoms with Gasteiger partial charge in [-0.1, -0.05) is 37.3 Å². The molecule has 1 aromatic carbocycles. The highest BCUT2D eigenvalue weighted by molar-refractivity contribution is 5.17. The van der Waals surface area contributed by atoms with Gasteiger partial charge in [0, 0.05) is 32.2 Å². The molecule has 0 saturated carbocycles. The third kappa shape index (κ3) is 3.78. The van der Waals surface area contributed by atoms with Crippen LogP contribution < -0.4 is 0 Å². The van der Waals surface area contributed by atoms with Crippen molar-refractivity contribution >= 4 is 0 Å². The van der Waals surface area contributed by atoms with Crippen LogP contribution in [0.3, 0.4) is 0 Å². The highest BCUT2D eigenvalue weighted by atomic mass is 16.3. The molecule has 1 saturated heterocycles. The van der Waals surface area contributed by atoms with Crippen molar-refractivity contribution in [1.82, 2.24) is 9.80 Å². The minimum Gasteiger partial charge on any atom is -0.388 e. The molecule has 1 heterocycles. The molecule has 1 N–H and O–H groups in total. The Bertz CT molecular complexity index is 382. The maximum absolute atomic E-state index is 10.4. The number of hydrogen-bond donors (Lipinski definition) is 1. The van der Waals surface area contributed by atoms with Gasteiger partial charge >= 0.3 is 0 Å². The van der Waals surface area contributed by atoms with E-state index >= 15 is 0 Å². The van der Waals surface area contributed by atoms with Gasteiger partial charge in [0.1, 0.15) is 0 Å². The number of aliphatic hydroxyl groups excluding tert-OH is 1. The molecule has 3 nitrogen and oxygen atoms in total. The molecule has 3 atom stereocenters. The first kappa shape index (κ1) is 14.5. The second kappa shape index (κ2) is 6.51. The van der Waals surface area contributed by atoms with E-state index in [-0.39, 0.29) is 12.0 Å². The Morgan fingerprint density at radius 2 is 1.95 bits per heavy atom. The van der Waals surface area contributed by atoms with Crippen molar-refractivity contribution < 1.29 is 5.11 Å². The third-order valence-electron chi connectivity index (χ3n) is 4.17. The van der Waals surface area contributed by atoms with Crippen LogP contribution in [0.1, 0.15) is 25.5 Å². The molecule has 0 bridgehead atoms. The summed E-state index contributed by atoms with van der Waals surface area (Å²) in [5, 5.41) is 10.4. The van der Waals surface area contributed by atoms with Gasteiger partial charge in [-0.3, -0.25) is 4.90 Å². The highest BCUT2D eigenvalue weighted by Crippen LogP contribution is 2.23. The van der Waals surface area contributed by atoms with Crippen LogP contribution in [0.5, 0.6) is 0 Å². The van der Waals surface area contributed by atoms with Crippen LogP contribution in [-0.4, -0.2) is 54.2 Å². The van der Waals surface area contributed by atoms with E-state index in [9.17, 15) is 5.11 Å². The standard InChI is InChI=1S/C16H26N2O/c1-13(16(19)15-7-5-4-6-8-15)11-18-10-9-17(3)12-14(18)2/h4-8,13-14,16,19H,9-12H2,1-3H3. The first-order chi connectivity index (χ1) is 9.08. The molecule has 0 aliphatic carbocycles. The predicted molar refractivity (Wildman–Crippen MR) is 79.1 cm³/mol. The number of benzene rings is 1. The lowest BCUT2D eigenvalue weighted by Gasteiger charge is -2.40. The first-order valence-corrected chi connectivity index (χ1v) is 7.23. The van der Waals surface area contributed by atoms with Gasteiger partial charge in [-0.05, 0) is 25.5 Å². The van der Waals surface area contributed by atoms with Crippen LogP contribution in [0.25, 0.3) is 0 Å². The van der Waals surface area contributed by atoms with Gasteiger partial charge in [-0.2, -0.15) is 0 Å². The highest BCUT2D eigenvalue weighted by Gasteiger charge is 2.25. The van der Waals surface area contributed by atoms with Gasteiger partial charge in [0.05, 0.1) is 6.10 Å². The Morgan fingerprint density at radius 1 is 1.26 bits per heavy atom. The second-order valence-electron chi connectivity index (χ2n) is 5.94. The fraction of sp³-hybridized carbons (Fsp3) is 0.625. The topological polar surface area (TPSA) is 26.7 Å². The summed E-state index contributed by atoms with van der Waals surface area (Å²) >= 11 is 0. The van der Waals surface area contributed by atoms with Gasteiger partial charge in [0.2, 0.25) is 0 Å². The summed E-state index contributed by atoms with van der Waals surface area (Å²) in [5.74, 6) is 0.258. The third-order valence-corrected chi connectivity index (χ3v) is 4.17. The number of likely N-dealkylation sites (N-methyl/N-ethyl adjacent to an activating group) is 1. The summed E-state index contributed by atoms with van der Waals surface area (Å²) in [6, 6.07) is 10.6. The first-order valence-electron chi connectivity index (χ1n) is 7.23. The fourth-order valence-electron chi connectivity index (χ4n) is 2.90. The lowest BCUT2D eigenvalue weighted by atomic mass is 9.96. The average molecular weight is 262 g/mol. The van der Waals surface area contributed by atoms with Crippen LogP contribution in [0.15, 0.2) is 30.3 Å². The van der Waals surface area contributed by atoms with E-state index in [1.165, 1.54) is 0 Å². The Morgan fingerprint density at radius 3 is 2.58 bits per heavy atom. The van der Waals surface area contributed by atoms with E-state index in [0.29, 0.717) is 6.04 Å². The molecule has 2 rings (SSSR count). The smallest absolute Gasteiger partial charge is 0.0827 e. The summed E-state index contributed by atoms with van der Waals surface area (Å²) < 4.78 is 0. The molecular formula is C16H26N2O. The number of nitrogens with zero attached hydrogens (tertiary/aromatic N) is 2. The molecule has 19 heavy (non-hydrogen) atoms. The van der Waals surface area contributed by atoms with Crippen molar-refractivity contribution in [3.63, 3.8) is 0 Å². The molecule has 0 aromatic heterocycles. The minimum atomic E-state index is -0.368. The molecule has 3 unspecified atom stereocenters. The second-order valence-corrected chi connectivity index (χ2v) is 5.94. The molecule has 0 spiro atoms. The summed E-state index contributed by atoms with van der Waals surface area (Å²) in [6.45, 7) is 8.72. The quantitative estimate of drug-likeness (QED) is 0.899. The lowest BCUT2D eigenvalue weighted by molar-refractivity contribution is 0.0450. The van der Waals surface area contributed by atoms with E-state index in [1.54, 1.807) is 0 Å². The molecule has 0 amide bonds. The maximum Gasteiger partial charge on any atom is 0.0827 e. The van der Waals surface area contributed by atoms with Gasteiger partial charge in [0.25, 0.3) is 0 Å².